The molecule has 0 aliphatic carbocycles. The molecular weight excluding hydrogens is 349 g/mol. The first-order valence-corrected chi connectivity index (χ1v) is 8.54. The van der Waals surface area contributed by atoms with Crippen molar-refractivity contribution < 1.29 is 4.39 Å². The summed E-state index contributed by atoms with van der Waals surface area (Å²) >= 11 is 7.39. The van der Waals surface area contributed by atoms with Crippen molar-refractivity contribution in [2.45, 2.75) is 10.9 Å². The number of tetrazole rings is 1. The summed E-state index contributed by atoms with van der Waals surface area (Å²) in [7, 11) is 3.96. The Morgan fingerprint density at radius 2 is 1.92 bits per heavy atom. The molecule has 0 atom stereocenters. The summed E-state index contributed by atoms with van der Waals surface area (Å²) in [6, 6.07) is 12.5. The van der Waals surface area contributed by atoms with E-state index in [1.165, 1.54) is 17.8 Å². The third kappa shape index (κ3) is 3.52. The SMILES string of the molecule is CN(C)c1ccc(-n2nnnc2SCc2c(F)cccc2Cl)cc1. The monoisotopic (exact) mass is 363 g/mol. The van der Waals surface area contributed by atoms with Gasteiger partial charge in [0.1, 0.15) is 5.82 Å². The number of hydrogen-bond donors (Lipinski definition) is 0. The van der Waals surface area contributed by atoms with Crippen molar-refractivity contribution in [2.75, 3.05) is 19.0 Å². The summed E-state index contributed by atoms with van der Waals surface area (Å²) in [5, 5.41) is 12.7. The minimum atomic E-state index is -0.329. The minimum absolute atomic E-state index is 0.329. The largest absolute Gasteiger partial charge is 0.378 e. The third-order valence-corrected chi connectivity index (χ3v) is 4.76. The van der Waals surface area contributed by atoms with Crippen LogP contribution in [0.5, 0.6) is 0 Å². The Labute approximate surface area is 148 Å². The first kappa shape index (κ1) is 16.7. The van der Waals surface area contributed by atoms with Gasteiger partial charge in [0.2, 0.25) is 5.16 Å². The molecule has 0 radical (unpaired) electrons. The van der Waals surface area contributed by atoms with Gasteiger partial charge < -0.3 is 4.90 Å². The van der Waals surface area contributed by atoms with Crippen LogP contribution in [0.2, 0.25) is 5.02 Å². The van der Waals surface area contributed by atoms with E-state index in [4.69, 9.17) is 11.6 Å². The molecule has 24 heavy (non-hydrogen) atoms. The topological polar surface area (TPSA) is 46.8 Å². The zero-order chi connectivity index (χ0) is 17.1. The highest BCUT2D eigenvalue weighted by atomic mass is 35.5. The van der Waals surface area contributed by atoms with E-state index in [0.717, 1.165) is 11.4 Å². The highest BCUT2D eigenvalue weighted by molar-refractivity contribution is 7.98. The molecule has 0 fully saturated rings. The zero-order valence-corrected chi connectivity index (χ0v) is 14.7. The van der Waals surface area contributed by atoms with Crippen LogP contribution in [0.1, 0.15) is 5.56 Å². The Morgan fingerprint density at radius 3 is 2.58 bits per heavy atom. The molecular formula is C16H15ClFN5S. The third-order valence-electron chi connectivity index (χ3n) is 3.46. The molecule has 5 nitrogen and oxygen atoms in total. The molecule has 0 aliphatic heterocycles. The van der Waals surface area contributed by atoms with Crippen molar-refractivity contribution in [2.24, 2.45) is 0 Å². The Bertz CT molecular complexity index is 814. The predicted octanol–water partition coefficient (Wildman–Crippen LogP) is 3.81. The molecule has 1 aromatic heterocycles. The number of halogens is 2. The van der Waals surface area contributed by atoms with Gasteiger partial charge in [-0.3, -0.25) is 0 Å². The van der Waals surface area contributed by atoms with Gasteiger partial charge in [0.25, 0.3) is 0 Å². The molecule has 0 aliphatic rings. The molecule has 0 unspecified atom stereocenters. The minimum Gasteiger partial charge on any atom is -0.378 e. The van der Waals surface area contributed by atoms with Crippen LogP contribution in [-0.4, -0.2) is 34.3 Å². The summed E-state index contributed by atoms with van der Waals surface area (Å²) in [6.45, 7) is 0. The summed E-state index contributed by atoms with van der Waals surface area (Å²) in [4.78, 5) is 2.01. The van der Waals surface area contributed by atoms with Crippen molar-refractivity contribution in [3.8, 4) is 5.69 Å². The standard InChI is InChI=1S/C16H15ClFN5S/c1-22(2)11-6-8-12(9-7-11)23-16(19-20-21-23)24-10-13-14(17)4-3-5-15(13)18/h3-9H,10H2,1-2H3. The van der Waals surface area contributed by atoms with Crippen LogP contribution >= 0.6 is 23.4 Å². The lowest BCUT2D eigenvalue weighted by atomic mass is 10.2. The van der Waals surface area contributed by atoms with Crippen molar-refractivity contribution in [1.29, 1.82) is 0 Å². The van der Waals surface area contributed by atoms with E-state index in [1.807, 2.05) is 43.3 Å². The van der Waals surface area contributed by atoms with Gasteiger partial charge in [-0.2, -0.15) is 4.68 Å². The number of anilines is 1. The van der Waals surface area contributed by atoms with E-state index >= 15 is 0 Å². The molecule has 2 aromatic carbocycles. The lowest BCUT2D eigenvalue weighted by molar-refractivity contribution is 0.617. The molecule has 0 spiro atoms. The Hall–Kier alpha value is -2.12. The molecule has 124 valence electrons. The highest BCUT2D eigenvalue weighted by Gasteiger charge is 2.13. The number of benzene rings is 2. The molecule has 8 heteroatoms. The van der Waals surface area contributed by atoms with E-state index in [9.17, 15) is 4.39 Å². The van der Waals surface area contributed by atoms with Gasteiger partial charge in [-0.15, -0.1) is 5.10 Å². The second-order valence-electron chi connectivity index (χ2n) is 5.27. The number of rotatable bonds is 5. The first-order valence-electron chi connectivity index (χ1n) is 7.18. The molecule has 0 saturated carbocycles. The predicted molar refractivity (Wildman–Crippen MR) is 94.5 cm³/mol. The lowest BCUT2D eigenvalue weighted by Crippen LogP contribution is -2.08. The van der Waals surface area contributed by atoms with E-state index in [1.54, 1.807) is 16.8 Å². The molecule has 3 rings (SSSR count). The van der Waals surface area contributed by atoms with Gasteiger partial charge in [0, 0.05) is 36.1 Å². The average Bonchev–Trinajstić information content (AvgIpc) is 3.03. The molecule has 1 heterocycles. The number of hydrogen-bond acceptors (Lipinski definition) is 5. The summed E-state index contributed by atoms with van der Waals surface area (Å²) < 4.78 is 15.5. The second-order valence-corrected chi connectivity index (χ2v) is 6.62. The van der Waals surface area contributed by atoms with Crippen LogP contribution in [0.15, 0.2) is 47.6 Å². The van der Waals surface area contributed by atoms with Gasteiger partial charge in [0.15, 0.2) is 0 Å². The number of nitrogens with zero attached hydrogens (tertiary/aromatic N) is 5. The maximum atomic E-state index is 13.9. The van der Waals surface area contributed by atoms with E-state index in [2.05, 4.69) is 15.5 Å². The van der Waals surface area contributed by atoms with E-state index in [0.29, 0.717) is 21.5 Å². The number of thioether (sulfide) groups is 1. The Balaban J connectivity index is 1.80. The van der Waals surface area contributed by atoms with Crippen LogP contribution in [0.3, 0.4) is 0 Å². The van der Waals surface area contributed by atoms with Gasteiger partial charge in [-0.1, -0.05) is 29.4 Å². The first-order chi connectivity index (χ1) is 11.6. The molecule has 0 bridgehead atoms. The van der Waals surface area contributed by atoms with Gasteiger partial charge in [-0.05, 0) is 46.8 Å². The van der Waals surface area contributed by atoms with Crippen LogP contribution in [-0.2, 0) is 5.75 Å². The van der Waals surface area contributed by atoms with Crippen LogP contribution in [0, 0.1) is 5.82 Å². The average molecular weight is 364 g/mol. The maximum Gasteiger partial charge on any atom is 0.214 e. The van der Waals surface area contributed by atoms with Crippen molar-refractivity contribution >= 4 is 29.1 Å². The normalized spacial score (nSPS) is 10.8. The Kier molecular flexibility index (Phi) is 5.01. The van der Waals surface area contributed by atoms with Crippen LogP contribution in [0.25, 0.3) is 5.69 Å². The summed E-state index contributed by atoms with van der Waals surface area (Å²) in [5.74, 6) is 0.0196. The smallest absolute Gasteiger partial charge is 0.214 e. The van der Waals surface area contributed by atoms with E-state index in [-0.39, 0.29) is 5.82 Å². The Morgan fingerprint density at radius 1 is 1.17 bits per heavy atom. The number of aromatic nitrogens is 4. The van der Waals surface area contributed by atoms with Crippen LogP contribution < -0.4 is 4.90 Å². The quantitative estimate of drug-likeness (QED) is 0.645. The molecule has 0 amide bonds. The molecule has 0 N–H and O–H groups in total. The molecule has 3 aromatic rings. The van der Waals surface area contributed by atoms with Crippen LogP contribution in [0.4, 0.5) is 10.1 Å². The molecule has 0 saturated heterocycles. The fourth-order valence-electron chi connectivity index (χ4n) is 2.13. The van der Waals surface area contributed by atoms with Crippen molar-refractivity contribution in [3.05, 3.63) is 58.9 Å². The lowest BCUT2D eigenvalue weighted by Gasteiger charge is -2.12. The van der Waals surface area contributed by atoms with E-state index < -0.39 is 0 Å². The van der Waals surface area contributed by atoms with Gasteiger partial charge >= 0.3 is 0 Å². The van der Waals surface area contributed by atoms with Gasteiger partial charge in [0.05, 0.1) is 5.69 Å². The summed E-state index contributed by atoms with van der Waals surface area (Å²) in [6.07, 6.45) is 0. The summed E-state index contributed by atoms with van der Waals surface area (Å²) in [5.41, 5.74) is 2.37. The fraction of sp³-hybridized carbons (Fsp3) is 0.188. The maximum absolute atomic E-state index is 13.9. The highest BCUT2D eigenvalue weighted by Crippen LogP contribution is 2.28. The van der Waals surface area contributed by atoms with Crippen molar-refractivity contribution in [3.63, 3.8) is 0 Å². The van der Waals surface area contributed by atoms with Crippen molar-refractivity contribution in [1.82, 2.24) is 20.2 Å². The zero-order valence-electron chi connectivity index (χ0n) is 13.1. The van der Waals surface area contributed by atoms with Gasteiger partial charge in [-0.25, -0.2) is 4.39 Å². The fourth-order valence-corrected chi connectivity index (χ4v) is 3.36. The second kappa shape index (κ2) is 7.19.